The van der Waals surface area contributed by atoms with Crippen molar-refractivity contribution in [2.24, 2.45) is 17.8 Å². The molecule has 3 aromatic heterocycles. The summed E-state index contributed by atoms with van der Waals surface area (Å²) in [7, 11) is -8.12. The fourth-order valence-electron chi connectivity index (χ4n) is 11.3. The highest BCUT2D eigenvalue weighted by atomic mass is 35.5. The van der Waals surface area contributed by atoms with Crippen LogP contribution in [-0.4, -0.2) is 139 Å². The zero-order valence-corrected chi connectivity index (χ0v) is 56.0. The first kappa shape index (κ1) is 79.1. The molecule has 102 heavy (non-hydrogen) atoms. The number of sulfone groups is 3. The fourth-order valence-corrected chi connectivity index (χ4v) is 16.9. The number of pyridine rings is 3. The Hall–Kier alpha value is -8.59. The maximum atomic E-state index is 14.0. The van der Waals surface area contributed by atoms with Crippen molar-refractivity contribution in [3.63, 3.8) is 0 Å². The second-order valence-corrected chi connectivity index (χ2v) is 30.7. The molecule has 0 spiro atoms. The third kappa shape index (κ3) is 21.7. The molecule has 0 aliphatic carbocycles. The first-order chi connectivity index (χ1) is 47.5. The van der Waals surface area contributed by atoms with E-state index in [4.69, 9.17) is 22.1 Å². The van der Waals surface area contributed by atoms with E-state index < -0.39 is 147 Å². The first-order valence-corrected chi connectivity index (χ1v) is 36.2. The molecule has 0 bridgehead atoms. The molecule has 6 heterocycles. The molecule has 0 saturated carbocycles. The number of nitrogens with one attached hydrogen (secondary N) is 4. The summed E-state index contributed by atoms with van der Waals surface area (Å²) in [5, 5.41) is 9.33. The minimum Gasteiger partial charge on any atom is -0.497 e. The fraction of sp³-hybridized carbons (Fsp3) is 0.419. The van der Waals surface area contributed by atoms with Gasteiger partial charge in [0.2, 0.25) is 0 Å². The lowest BCUT2D eigenvalue weighted by Crippen LogP contribution is -2.36. The zero-order chi connectivity index (χ0) is 75.0. The van der Waals surface area contributed by atoms with Crippen molar-refractivity contribution in [1.29, 1.82) is 0 Å². The van der Waals surface area contributed by atoms with Crippen LogP contribution in [0, 0.1) is 17.8 Å². The van der Waals surface area contributed by atoms with Gasteiger partial charge in [0, 0.05) is 53.7 Å². The molecule has 21 nitrogen and oxygen atoms in total. The van der Waals surface area contributed by atoms with Gasteiger partial charge in [-0.1, -0.05) is 23.7 Å². The third-order valence-electron chi connectivity index (χ3n) is 15.9. The Bertz CT molecular complexity index is 4430. The average molecular weight is 1540 g/mol. The van der Waals surface area contributed by atoms with Crippen molar-refractivity contribution in [3.05, 3.63) is 123 Å². The third-order valence-corrected chi connectivity index (χ3v) is 21.9. The summed E-state index contributed by atoms with van der Waals surface area (Å²) in [6.07, 6.45) is -11.9. The van der Waals surface area contributed by atoms with Gasteiger partial charge < -0.3 is 45.9 Å². The predicted molar refractivity (Wildman–Crippen MR) is 341 cm³/mol. The number of nitrogens with two attached hydrogens (primary N) is 1. The van der Waals surface area contributed by atoms with E-state index in [2.05, 4.69) is 50.4 Å². The van der Waals surface area contributed by atoms with Crippen molar-refractivity contribution in [1.82, 2.24) is 30.9 Å². The molecule has 6 N–H and O–H groups in total. The van der Waals surface area contributed by atoms with Crippen molar-refractivity contribution in [2.45, 2.75) is 83.4 Å². The van der Waals surface area contributed by atoms with Crippen LogP contribution >= 0.6 is 11.6 Å². The first-order valence-electron chi connectivity index (χ1n) is 30.3. The normalized spacial score (nSPS) is 18.1. The van der Waals surface area contributed by atoms with Crippen molar-refractivity contribution in [2.75, 3.05) is 72.3 Å². The van der Waals surface area contributed by atoms with Crippen molar-refractivity contribution in [3.8, 4) is 23.0 Å². The molecule has 3 saturated heterocycles. The van der Waals surface area contributed by atoms with Crippen LogP contribution in [0.2, 0.25) is 5.02 Å². The van der Waals surface area contributed by atoms with Gasteiger partial charge in [0.05, 0.1) is 79.9 Å². The van der Waals surface area contributed by atoms with Crippen LogP contribution in [-0.2, 0) is 54.6 Å². The zero-order valence-electron chi connectivity index (χ0n) is 52.8. The van der Waals surface area contributed by atoms with Crippen LogP contribution in [0.1, 0.15) is 92.2 Å². The highest BCUT2D eigenvalue weighted by Crippen LogP contribution is 2.43. The standard InChI is InChI=1S/C26H26F5N3O5S.C18H16ClF5N2O4S.C18H18F5N3O4S/c1-38-17-6-4-15(5-7-17)12-32-21-11-22(24(35)33-13-16-3-2-8-40(36,37)14-16)34-23-19(21)9-18(39-25(27)28)10-20(23)26(29,30)31;19-13-6-14(16(27)25-7-9-2-1-3-31(28,29)8-9)26-15-11(13)4-10(30-17(20)21)5-12(15)18(22,23)24;19-17(20)30-10-4-11-13(24)6-14(26-15(11)12(5-10)18(21,22)23)16(27)25-7-9-2-1-3-31(28,29)8-9/h4-7,9-11,16,25H,2-3,8,12-14H2,1H3,(H,32,34)(H,33,35);4-6,9,17H,1-3,7-8H2,(H,25,27);4-6,9,17H,1-3,7-8H2,(H2,24,26)(H,25,27). The molecule has 0 radical (unpaired) electrons. The van der Waals surface area contributed by atoms with Crippen LogP contribution in [0.25, 0.3) is 32.7 Å². The number of fused-ring (bicyclic) bond motifs is 3. The minimum absolute atomic E-state index is 0.000313. The van der Waals surface area contributed by atoms with E-state index in [1.54, 1.807) is 24.3 Å². The molecule has 3 aliphatic heterocycles. The number of carbonyl (C=O) groups excluding carboxylic acids is 3. The Balaban J connectivity index is 0.000000197. The van der Waals surface area contributed by atoms with E-state index in [1.165, 1.54) is 13.2 Å². The van der Waals surface area contributed by atoms with Gasteiger partial charge in [-0.3, -0.25) is 14.4 Å². The molecule has 3 unspecified atom stereocenters. The van der Waals surface area contributed by atoms with E-state index in [1.807, 2.05) is 0 Å². The summed E-state index contributed by atoms with van der Waals surface area (Å²) in [5.74, 6) is -5.15. The number of aromatic nitrogens is 3. The summed E-state index contributed by atoms with van der Waals surface area (Å²) in [6.45, 7) is -9.95. The number of ether oxygens (including phenoxy) is 4. The van der Waals surface area contributed by atoms with Gasteiger partial charge in [0.1, 0.15) is 40.1 Å². The second-order valence-electron chi connectivity index (χ2n) is 23.6. The van der Waals surface area contributed by atoms with Crippen molar-refractivity contribution < 1.29 is 124 Å². The molecular formula is C62H60ClF15N8O13S3. The molecule has 7 aromatic rings. The molecule has 3 fully saturated rings. The summed E-state index contributed by atoms with van der Waals surface area (Å²) >= 11 is 6.01. The second kappa shape index (κ2) is 32.4. The number of hydrogen-bond donors (Lipinski definition) is 5. The quantitative estimate of drug-likeness (QED) is 0.0470. The van der Waals surface area contributed by atoms with E-state index in [-0.39, 0.29) is 117 Å². The number of hydrogen-bond acceptors (Lipinski definition) is 18. The van der Waals surface area contributed by atoms with Crippen molar-refractivity contribution >= 4 is 103 Å². The molecule has 3 atom stereocenters. The Morgan fingerprint density at radius 2 is 0.843 bits per heavy atom. The van der Waals surface area contributed by atoms with Crippen LogP contribution in [0.5, 0.6) is 23.0 Å². The summed E-state index contributed by atoms with van der Waals surface area (Å²) in [6, 6.07) is 13.9. The van der Waals surface area contributed by atoms with Gasteiger partial charge in [0.15, 0.2) is 29.5 Å². The SMILES string of the molecule is COc1ccc(CNc2cc(C(=O)NCC3CCCS(=O)(=O)C3)nc3c(C(F)(F)F)cc(OC(F)F)cc23)cc1.Nc1cc(C(=O)NCC2CCCS(=O)(=O)C2)nc2c(C(F)(F)F)cc(OC(F)F)cc12.O=C(NCC1CCCS(=O)(=O)C1)c1cc(Cl)c2cc(OC(F)F)cc(C(F)(F)F)c2n1. The Morgan fingerprint density at radius 1 is 0.500 bits per heavy atom. The van der Waals surface area contributed by atoms with Crippen LogP contribution in [0.15, 0.2) is 78.9 Å². The van der Waals surface area contributed by atoms with Crippen LogP contribution in [0.4, 0.5) is 77.2 Å². The summed E-state index contributed by atoms with van der Waals surface area (Å²) in [4.78, 5) is 49.3. The monoisotopic (exact) mass is 1540 g/mol. The van der Waals surface area contributed by atoms with E-state index in [0.29, 0.717) is 68.0 Å². The number of halogens is 16. The Labute approximate surface area is 575 Å². The predicted octanol–water partition coefficient (Wildman–Crippen LogP) is 12.1. The number of anilines is 2. The maximum absolute atomic E-state index is 14.0. The number of methoxy groups -OCH3 is 1. The molecule has 556 valence electrons. The lowest BCUT2D eigenvalue weighted by Gasteiger charge is -2.22. The summed E-state index contributed by atoms with van der Waals surface area (Å²) < 4.78 is 287. The lowest BCUT2D eigenvalue weighted by atomic mass is 10.0. The van der Waals surface area contributed by atoms with Gasteiger partial charge in [-0.15, -0.1) is 0 Å². The largest absolute Gasteiger partial charge is 0.497 e. The molecule has 4 aromatic carbocycles. The number of amides is 3. The lowest BCUT2D eigenvalue weighted by molar-refractivity contribution is -0.137. The molecule has 3 aliphatic rings. The number of rotatable bonds is 19. The van der Waals surface area contributed by atoms with E-state index in [0.717, 1.165) is 30.3 Å². The molecule has 40 heteroatoms. The number of carbonyl (C=O) groups is 3. The molecule has 3 amide bonds. The number of nitrogen functional groups attached to an aromatic ring is 1. The van der Waals surface area contributed by atoms with Gasteiger partial charge in [-0.05, 0) is 129 Å². The van der Waals surface area contributed by atoms with E-state index >= 15 is 0 Å². The van der Waals surface area contributed by atoms with Gasteiger partial charge >= 0.3 is 38.4 Å². The Kier molecular flexibility index (Phi) is 25.1. The van der Waals surface area contributed by atoms with Crippen LogP contribution in [0.3, 0.4) is 0 Å². The van der Waals surface area contributed by atoms with Gasteiger partial charge in [0.25, 0.3) is 17.7 Å². The number of nitrogens with zero attached hydrogens (tertiary/aromatic N) is 3. The topological polar surface area (TPSA) is 303 Å². The molecule has 10 rings (SSSR count). The number of benzene rings is 4. The highest BCUT2D eigenvalue weighted by Gasteiger charge is 2.39. The average Bonchev–Trinajstić information content (AvgIpc) is 0.772. The highest BCUT2D eigenvalue weighted by molar-refractivity contribution is 7.91. The molecular weight excluding hydrogens is 1480 g/mol. The smallest absolute Gasteiger partial charge is 0.418 e. The number of alkyl halides is 15. The summed E-state index contributed by atoms with van der Waals surface area (Å²) in [5.41, 5.74) is -1.17. The van der Waals surface area contributed by atoms with Gasteiger partial charge in [-0.2, -0.15) is 65.9 Å². The minimum atomic E-state index is -5.01. The van der Waals surface area contributed by atoms with E-state index in [9.17, 15) is 105 Å². The maximum Gasteiger partial charge on any atom is 0.418 e. The Morgan fingerprint density at radius 3 is 1.21 bits per heavy atom. The van der Waals surface area contributed by atoms with Gasteiger partial charge in [-0.25, -0.2) is 40.2 Å². The van der Waals surface area contributed by atoms with Crippen LogP contribution < -0.4 is 45.9 Å².